The third kappa shape index (κ3) is 7.36. The summed E-state index contributed by atoms with van der Waals surface area (Å²) in [6.45, 7) is 3.01. The van der Waals surface area contributed by atoms with Crippen LogP contribution in [0.2, 0.25) is 0 Å². The zero-order valence-corrected chi connectivity index (χ0v) is 21.0. The summed E-state index contributed by atoms with van der Waals surface area (Å²) in [5.41, 5.74) is 1.15. The van der Waals surface area contributed by atoms with E-state index in [4.69, 9.17) is 14.2 Å². The quantitative estimate of drug-likeness (QED) is 0.385. The van der Waals surface area contributed by atoms with Crippen LogP contribution < -0.4 is 20.1 Å². The van der Waals surface area contributed by atoms with Crippen molar-refractivity contribution in [3.05, 3.63) is 48.3 Å². The molecule has 4 rings (SSSR count). The highest BCUT2D eigenvalue weighted by Crippen LogP contribution is 2.20. The predicted octanol–water partition coefficient (Wildman–Crippen LogP) is 1.13. The SMILES string of the molecule is CNc1nccc(O[C@@H]2CO[C@@H](C(=O)Nc3cn(CC(=O)N(C)CCOc4ccc(C)cc4)nn3)C2)n1. The van der Waals surface area contributed by atoms with Gasteiger partial charge in [-0.3, -0.25) is 9.59 Å². The minimum atomic E-state index is -0.706. The van der Waals surface area contributed by atoms with Gasteiger partial charge in [0.25, 0.3) is 5.91 Å². The maximum atomic E-state index is 12.6. The Morgan fingerprint density at radius 3 is 2.84 bits per heavy atom. The van der Waals surface area contributed by atoms with Crippen LogP contribution in [0.15, 0.2) is 42.7 Å². The van der Waals surface area contributed by atoms with Crippen LogP contribution >= 0.6 is 0 Å². The van der Waals surface area contributed by atoms with Crippen molar-refractivity contribution in [3.8, 4) is 11.6 Å². The monoisotopic (exact) mass is 510 g/mol. The van der Waals surface area contributed by atoms with E-state index in [-0.39, 0.29) is 36.9 Å². The maximum absolute atomic E-state index is 12.6. The van der Waals surface area contributed by atoms with E-state index >= 15 is 0 Å². The molecule has 3 aromatic rings. The topological polar surface area (TPSA) is 146 Å². The van der Waals surface area contributed by atoms with Gasteiger partial charge in [0.1, 0.15) is 31.1 Å². The molecular formula is C24H30N8O5. The van der Waals surface area contributed by atoms with Gasteiger partial charge in [0.05, 0.1) is 19.3 Å². The number of nitrogens with zero attached hydrogens (tertiary/aromatic N) is 6. The van der Waals surface area contributed by atoms with Gasteiger partial charge in [-0.05, 0) is 19.1 Å². The molecule has 0 unspecified atom stereocenters. The zero-order chi connectivity index (χ0) is 26.2. The van der Waals surface area contributed by atoms with E-state index in [1.165, 1.54) is 10.9 Å². The molecule has 13 nitrogen and oxygen atoms in total. The summed E-state index contributed by atoms with van der Waals surface area (Å²) >= 11 is 0. The van der Waals surface area contributed by atoms with Gasteiger partial charge in [0.15, 0.2) is 5.82 Å². The molecule has 2 N–H and O–H groups in total. The van der Waals surface area contributed by atoms with E-state index in [0.717, 1.165) is 11.3 Å². The summed E-state index contributed by atoms with van der Waals surface area (Å²) in [5.74, 6) is 1.28. The first-order valence-electron chi connectivity index (χ1n) is 11.8. The van der Waals surface area contributed by atoms with Gasteiger partial charge in [-0.2, -0.15) is 4.98 Å². The Balaban J connectivity index is 1.19. The fourth-order valence-electron chi connectivity index (χ4n) is 3.52. The van der Waals surface area contributed by atoms with Crippen LogP contribution in [0.3, 0.4) is 0 Å². The maximum Gasteiger partial charge on any atom is 0.254 e. The number of aromatic nitrogens is 5. The second-order valence-electron chi connectivity index (χ2n) is 8.53. The largest absolute Gasteiger partial charge is 0.492 e. The summed E-state index contributed by atoms with van der Waals surface area (Å²) in [6, 6.07) is 9.36. The number of aryl methyl sites for hydroxylation is 1. The Morgan fingerprint density at radius 1 is 1.24 bits per heavy atom. The van der Waals surface area contributed by atoms with Crippen LogP contribution in [0.4, 0.5) is 11.8 Å². The second kappa shape index (κ2) is 12.1. The third-order valence-electron chi connectivity index (χ3n) is 5.62. The molecule has 0 radical (unpaired) electrons. The van der Waals surface area contributed by atoms with Crippen molar-refractivity contribution in [3.63, 3.8) is 0 Å². The fourth-order valence-corrected chi connectivity index (χ4v) is 3.52. The lowest BCUT2D eigenvalue weighted by Gasteiger charge is -2.17. The first kappa shape index (κ1) is 25.8. The average molecular weight is 511 g/mol. The minimum absolute atomic E-state index is 0.0206. The first-order chi connectivity index (χ1) is 17.9. The first-order valence-corrected chi connectivity index (χ1v) is 11.8. The normalized spacial score (nSPS) is 16.7. The highest BCUT2D eigenvalue weighted by atomic mass is 16.6. The summed E-state index contributed by atoms with van der Waals surface area (Å²) in [6.07, 6.45) is 2.40. The number of nitrogens with one attached hydrogen (secondary N) is 2. The van der Waals surface area contributed by atoms with Crippen LogP contribution in [-0.4, -0.2) is 87.7 Å². The number of carbonyl (C=O) groups is 2. The van der Waals surface area contributed by atoms with Crippen molar-refractivity contribution < 1.29 is 23.8 Å². The molecule has 0 aliphatic carbocycles. The van der Waals surface area contributed by atoms with Gasteiger partial charge >= 0.3 is 0 Å². The average Bonchev–Trinajstić information content (AvgIpc) is 3.54. The second-order valence-corrected chi connectivity index (χ2v) is 8.53. The number of ether oxygens (including phenoxy) is 3. The Kier molecular flexibility index (Phi) is 8.46. The molecule has 1 aliphatic heterocycles. The molecule has 3 heterocycles. The van der Waals surface area contributed by atoms with Crippen molar-refractivity contribution in [1.29, 1.82) is 0 Å². The molecule has 2 aromatic heterocycles. The van der Waals surface area contributed by atoms with Gasteiger partial charge in [-0.1, -0.05) is 22.9 Å². The Hall–Kier alpha value is -4.26. The lowest BCUT2D eigenvalue weighted by Crippen LogP contribution is -2.33. The highest BCUT2D eigenvalue weighted by molar-refractivity contribution is 5.93. The molecule has 1 fully saturated rings. The number of amides is 2. The lowest BCUT2D eigenvalue weighted by molar-refractivity contribution is -0.131. The number of rotatable bonds is 11. The lowest BCUT2D eigenvalue weighted by atomic mass is 10.2. The number of hydrogen-bond donors (Lipinski definition) is 2. The van der Waals surface area contributed by atoms with Crippen molar-refractivity contribution in [2.24, 2.45) is 0 Å². The van der Waals surface area contributed by atoms with Crippen LogP contribution in [0.1, 0.15) is 12.0 Å². The standard InChI is InChI=1S/C24H30N8O5/c1-16-4-6-17(7-5-16)35-11-10-31(3)22(33)14-32-13-20(29-30-32)27-23(34)19-12-18(15-36-19)37-21-8-9-26-24(25-2)28-21/h4-9,13,18-19H,10-12,14-15H2,1-3H3,(H,27,34)(H,25,26,28)/t18-,19+/m0/s1. The van der Waals surface area contributed by atoms with Gasteiger partial charge in [-0.25, -0.2) is 9.67 Å². The van der Waals surface area contributed by atoms with E-state index < -0.39 is 6.10 Å². The number of benzene rings is 1. The molecular weight excluding hydrogens is 480 g/mol. The summed E-state index contributed by atoms with van der Waals surface area (Å²) in [4.78, 5) is 34.9. The van der Waals surface area contributed by atoms with Gasteiger partial charge in [-0.15, -0.1) is 5.10 Å². The van der Waals surface area contributed by atoms with Crippen molar-refractivity contribution >= 4 is 23.6 Å². The number of carbonyl (C=O) groups excluding carboxylic acids is 2. The Bertz CT molecular complexity index is 1200. The predicted molar refractivity (Wildman–Crippen MR) is 133 cm³/mol. The highest BCUT2D eigenvalue weighted by Gasteiger charge is 2.33. The summed E-state index contributed by atoms with van der Waals surface area (Å²) in [7, 11) is 3.41. The molecule has 1 aromatic carbocycles. The van der Waals surface area contributed by atoms with Gasteiger partial charge in [0.2, 0.25) is 17.7 Å². The van der Waals surface area contributed by atoms with Crippen LogP contribution in [0, 0.1) is 6.92 Å². The van der Waals surface area contributed by atoms with Crippen molar-refractivity contribution in [2.75, 3.05) is 44.5 Å². The molecule has 0 spiro atoms. The van der Waals surface area contributed by atoms with Gasteiger partial charge in [0, 0.05) is 32.8 Å². The van der Waals surface area contributed by atoms with Crippen LogP contribution in [0.5, 0.6) is 11.6 Å². The van der Waals surface area contributed by atoms with Crippen LogP contribution in [-0.2, 0) is 20.9 Å². The van der Waals surface area contributed by atoms with Crippen molar-refractivity contribution in [2.45, 2.75) is 32.1 Å². The zero-order valence-electron chi connectivity index (χ0n) is 21.0. The Morgan fingerprint density at radius 2 is 2.05 bits per heavy atom. The number of likely N-dealkylation sites (N-methyl/N-ethyl adjacent to an activating group) is 1. The summed E-state index contributed by atoms with van der Waals surface area (Å²) < 4.78 is 18.4. The number of anilines is 2. The van der Waals surface area contributed by atoms with Crippen molar-refractivity contribution in [1.82, 2.24) is 29.9 Å². The third-order valence-corrected chi connectivity index (χ3v) is 5.62. The minimum Gasteiger partial charge on any atom is -0.492 e. The summed E-state index contributed by atoms with van der Waals surface area (Å²) in [5, 5.41) is 13.4. The van der Waals surface area contributed by atoms with Crippen LogP contribution in [0.25, 0.3) is 0 Å². The molecule has 2 atom stereocenters. The molecule has 0 bridgehead atoms. The molecule has 196 valence electrons. The molecule has 37 heavy (non-hydrogen) atoms. The molecule has 0 saturated carbocycles. The fraction of sp³-hybridized carbons (Fsp3) is 0.417. The smallest absolute Gasteiger partial charge is 0.254 e. The molecule has 1 aliphatic rings. The molecule has 2 amide bonds. The van der Waals surface area contributed by atoms with Gasteiger partial charge < -0.3 is 29.7 Å². The van der Waals surface area contributed by atoms with E-state index in [1.807, 2.05) is 31.2 Å². The molecule has 13 heteroatoms. The van der Waals surface area contributed by atoms with E-state index in [0.29, 0.717) is 31.4 Å². The van der Waals surface area contributed by atoms with E-state index in [2.05, 4.69) is 30.9 Å². The Labute approximate surface area is 214 Å². The van der Waals surface area contributed by atoms with E-state index in [9.17, 15) is 9.59 Å². The molecule has 1 saturated heterocycles. The number of hydrogen-bond acceptors (Lipinski definition) is 10. The van der Waals surface area contributed by atoms with E-state index in [1.54, 1.807) is 31.3 Å².